The number of thiocarbonyl (C=S) groups is 1. The average molecular weight is 356 g/mol. The summed E-state index contributed by atoms with van der Waals surface area (Å²) in [7, 11) is 0. The van der Waals surface area contributed by atoms with E-state index in [-0.39, 0.29) is 0 Å². The van der Waals surface area contributed by atoms with Crippen LogP contribution in [0.4, 0.5) is 11.4 Å². The molecule has 0 saturated carbocycles. The smallest absolute Gasteiger partial charge is 0.103 e. The van der Waals surface area contributed by atoms with Crippen LogP contribution in [-0.4, -0.2) is 4.99 Å². The van der Waals surface area contributed by atoms with Gasteiger partial charge in [-0.05, 0) is 64.8 Å². The maximum Gasteiger partial charge on any atom is 0.103 e. The van der Waals surface area contributed by atoms with E-state index in [9.17, 15) is 0 Å². The lowest BCUT2D eigenvalue weighted by Gasteiger charge is -2.11. The minimum absolute atomic E-state index is 0.395. The molecule has 0 aliphatic carbocycles. The standard InChI is InChI=1S/C14H12BrClN2S/c1-8-6-11(15)13(7-12(8)16)18-10-4-2-9(3-5-10)14(17)19/h2-7,18H,1H3,(H2,17,19). The van der Waals surface area contributed by atoms with Crippen molar-refractivity contribution in [1.82, 2.24) is 0 Å². The van der Waals surface area contributed by atoms with Gasteiger partial charge in [0.25, 0.3) is 0 Å². The van der Waals surface area contributed by atoms with Crippen molar-refractivity contribution in [2.45, 2.75) is 6.92 Å². The molecule has 0 saturated heterocycles. The Morgan fingerprint density at radius 1 is 1.26 bits per heavy atom. The van der Waals surface area contributed by atoms with Crippen LogP contribution in [0, 0.1) is 6.92 Å². The van der Waals surface area contributed by atoms with Crippen LogP contribution < -0.4 is 11.1 Å². The molecule has 98 valence electrons. The summed E-state index contributed by atoms with van der Waals surface area (Å²) in [5.41, 5.74) is 9.30. The zero-order valence-corrected chi connectivity index (χ0v) is 13.4. The van der Waals surface area contributed by atoms with Gasteiger partial charge in [-0.15, -0.1) is 0 Å². The number of rotatable bonds is 3. The molecule has 0 aliphatic heterocycles. The second kappa shape index (κ2) is 5.90. The highest BCUT2D eigenvalue weighted by Gasteiger charge is 2.05. The molecule has 0 fully saturated rings. The average Bonchev–Trinajstić information content (AvgIpc) is 2.36. The van der Waals surface area contributed by atoms with E-state index in [2.05, 4.69) is 21.2 Å². The third kappa shape index (κ3) is 3.47. The monoisotopic (exact) mass is 354 g/mol. The molecule has 0 bridgehead atoms. The lowest BCUT2D eigenvalue weighted by molar-refractivity contribution is 1.43. The topological polar surface area (TPSA) is 38.0 Å². The van der Waals surface area contributed by atoms with Crippen LogP contribution in [0.5, 0.6) is 0 Å². The maximum atomic E-state index is 6.12. The van der Waals surface area contributed by atoms with Crippen LogP contribution in [0.2, 0.25) is 5.02 Å². The normalized spacial score (nSPS) is 10.3. The van der Waals surface area contributed by atoms with Crippen LogP contribution in [0.1, 0.15) is 11.1 Å². The quantitative estimate of drug-likeness (QED) is 0.778. The van der Waals surface area contributed by atoms with Crippen molar-refractivity contribution < 1.29 is 0 Å². The fourth-order valence-electron chi connectivity index (χ4n) is 1.62. The van der Waals surface area contributed by atoms with Crippen molar-refractivity contribution in [3.05, 3.63) is 57.0 Å². The van der Waals surface area contributed by atoms with E-state index in [1.54, 1.807) is 0 Å². The van der Waals surface area contributed by atoms with Gasteiger partial charge >= 0.3 is 0 Å². The van der Waals surface area contributed by atoms with E-state index in [1.165, 1.54) is 0 Å². The molecule has 0 atom stereocenters. The first-order valence-electron chi connectivity index (χ1n) is 5.60. The third-order valence-corrected chi connectivity index (χ3v) is 4.00. The summed E-state index contributed by atoms with van der Waals surface area (Å²) in [6.07, 6.45) is 0. The molecular formula is C14H12BrClN2S. The minimum Gasteiger partial charge on any atom is -0.389 e. The van der Waals surface area contributed by atoms with E-state index in [0.717, 1.165) is 32.0 Å². The second-order valence-electron chi connectivity index (χ2n) is 4.15. The number of anilines is 2. The molecule has 0 radical (unpaired) electrons. The summed E-state index contributed by atoms with van der Waals surface area (Å²) in [6.45, 7) is 1.97. The Kier molecular flexibility index (Phi) is 4.45. The first-order chi connectivity index (χ1) is 8.97. The predicted molar refractivity (Wildman–Crippen MR) is 89.5 cm³/mol. The fraction of sp³-hybridized carbons (Fsp3) is 0.0714. The molecule has 0 amide bonds. The zero-order chi connectivity index (χ0) is 14.0. The Labute approximate surface area is 131 Å². The first kappa shape index (κ1) is 14.3. The van der Waals surface area contributed by atoms with E-state index in [4.69, 9.17) is 29.6 Å². The van der Waals surface area contributed by atoms with Crippen molar-refractivity contribution in [3.8, 4) is 0 Å². The van der Waals surface area contributed by atoms with E-state index < -0.39 is 0 Å². The Hall–Kier alpha value is -1.10. The van der Waals surface area contributed by atoms with Crippen molar-refractivity contribution in [2.24, 2.45) is 5.73 Å². The van der Waals surface area contributed by atoms with Gasteiger partial charge in [0, 0.05) is 20.7 Å². The highest BCUT2D eigenvalue weighted by atomic mass is 79.9. The number of benzene rings is 2. The maximum absolute atomic E-state index is 6.12. The summed E-state index contributed by atoms with van der Waals surface area (Å²) in [5.74, 6) is 0. The summed E-state index contributed by atoms with van der Waals surface area (Å²) in [6, 6.07) is 11.5. The van der Waals surface area contributed by atoms with Gasteiger partial charge in [-0.3, -0.25) is 0 Å². The number of hydrogen-bond acceptors (Lipinski definition) is 2. The number of aryl methyl sites for hydroxylation is 1. The van der Waals surface area contributed by atoms with Gasteiger partial charge in [0.15, 0.2) is 0 Å². The Bertz CT molecular complexity index is 626. The highest BCUT2D eigenvalue weighted by molar-refractivity contribution is 9.10. The molecule has 2 aromatic carbocycles. The van der Waals surface area contributed by atoms with Crippen LogP contribution in [0.25, 0.3) is 0 Å². The van der Waals surface area contributed by atoms with Crippen molar-refractivity contribution >= 4 is 56.1 Å². The van der Waals surface area contributed by atoms with Gasteiger partial charge in [0.05, 0.1) is 5.69 Å². The van der Waals surface area contributed by atoms with Gasteiger partial charge < -0.3 is 11.1 Å². The van der Waals surface area contributed by atoms with E-state index >= 15 is 0 Å². The molecule has 2 aromatic rings. The summed E-state index contributed by atoms with van der Waals surface area (Å²) >= 11 is 14.6. The molecule has 2 rings (SSSR count). The molecule has 2 nitrogen and oxygen atoms in total. The largest absolute Gasteiger partial charge is 0.389 e. The number of nitrogens with two attached hydrogens (primary N) is 1. The van der Waals surface area contributed by atoms with Crippen LogP contribution in [-0.2, 0) is 0 Å². The highest BCUT2D eigenvalue weighted by Crippen LogP contribution is 2.31. The lowest BCUT2D eigenvalue weighted by atomic mass is 10.2. The Morgan fingerprint density at radius 3 is 2.47 bits per heavy atom. The van der Waals surface area contributed by atoms with Gasteiger partial charge in [-0.25, -0.2) is 0 Å². The molecule has 3 N–H and O–H groups in total. The first-order valence-corrected chi connectivity index (χ1v) is 7.18. The molecule has 0 spiro atoms. The van der Waals surface area contributed by atoms with Crippen LogP contribution in [0.3, 0.4) is 0 Å². The number of nitrogens with one attached hydrogen (secondary N) is 1. The molecule has 0 unspecified atom stereocenters. The van der Waals surface area contributed by atoms with E-state index in [1.807, 2.05) is 43.3 Å². The van der Waals surface area contributed by atoms with Crippen molar-refractivity contribution in [3.63, 3.8) is 0 Å². The van der Waals surface area contributed by atoms with Crippen LogP contribution >= 0.6 is 39.7 Å². The molecular weight excluding hydrogens is 344 g/mol. The van der Waals surface area contributed by atoms with Gasteiger partial charge in [0.2, 0.25) is 0 Å². The predicted octanol–water partition coefficient (Wildman–Crippen LogP) is 4.79. The lowest BCUT2D eigenvalue weighted by Crippen LogP contribution is -2.08. The molecule has 19 heavy (non-hydrogen) atoms. The molecule has 0 aliphatic rings. The molecule has 0 heterocycles. The fourth-order valence-corrected chi connectivity index (χ4v) is 2.47. The van der Waals surface area contributed by atoms with Gasteiger partial charge in [0.1, 0.15) is 4.99 Å². The molecule has 5 heteroatoms. The van der Waals surface area contributed by atoms with Gasteiger partial charge in [-0.1, -0.05) is 23.8 Å². The second-order valence-corrected chi connectivity index (χ2v) is 5.85. The summed E-state index contributed by atoms with van der Waals surface area (Å²) < 4.78 is 0.966. The Morgan fingerprint density at radius 2 is 1.89 bits per heavy atom. The SMILES string of the molecule is Cc1cc(Br)c(Nc2ccc(C(N)=S)cc2)cc1Cl. The summed E-state index contributed by atoms with van der Waals surface area (Å²) in [4.78, 5) is 0.395. The number of halogens is 2. The van der Waals surface area contributed by atoms with Gasteiger partial charge in [-0.2, -0.15) is 0 Å². The summed E-state index contributed by atoms with van der Waals surface area (Å²) in [5, 5.41) is 4.02. The van der Waals surface area contributed by atoms with Crippen molar-refractivity contribution in [1.29, 1.82) is 0 Å². The number of hydrogen-bond donors (Lipinski definition) is 2. The van der Waals surface area contributed by atoms with E-state index in [0.29, 0.717) is 4.99 Å². The molecule has 0 aromatic heterocycles. The third-order valence-electron chi connectivity index (χ3n) is 2.70. The van der Waals surface area contributed by atoms with Crippen molar-refractivity contribution in [2.75, 3.05) is 5.32 Å². The zero-order valence-electron chi connectivity index (χ0n) is 10.2. The minimum atomic E-state index is 0.395. The van der Waals surface area contributed by atoms with Crippen LogP contribution in [0.15, 0.2) is 40.9 Å². The Balaban J connectivity index is 2.26.